The molecule has 1 amide bonds. The third-order valence-electron chi connectivity index (χ3n) is 4.34. The largest absolute Gasteiger partial charge is 0.423 e. The quantitative estimate of drug-likeness (QED) is 0.722. The number of rotatable bonds is 3. The van der Waals surface area contributed by atoms with E-state index in [0.29, 0.717) is 32.2 Å². The molecule has 8 nitrogen and oxygen atoms in total. The van der Waals surface area contributed by atoms with Crippen molar-refractivity contribution in [2.75, 3.05) is 31.1 Å². The highest BCUT2D eigenvalue weighted by atomic mass is 16.4. The minimum atomic E-state index is -0.344. The summed E-state index contributed by atoms with van der Waals surface area (Å²) in [4.78, 5) is 24.9. The molecule has 4 rings (SSSR count). The van der Waals surface area contributed by atoms with E-state index in [1.54, 1.807) is 11.0 Å². The summed E-state index contributed by atoms with van der Waals surface area (Å²) in [7, 11) is 0. The van der Waals surface area contributed by atoms with Crippen molar-refractivity contribution in [3.05, 3.63) is 36.9 Å². The van der Waals surface area contributed by atoms with Crippen LogP contribution in [0.4, 0.5) is 6.01 Å². The van der Waals surface area contributed by atoms with Crippen LogP contribution in [0, 0.1) is 0 Å². The first-order valence-corrected chi connectivity index (χ1v) is 7.96. The molecule has 24 heavy (non-hydrogen) atoms. The van der Waals surface area contributed by atoms with E-state index in [-0.39, 0.29) is 11.9 Å². The first-order chi connectivity index (χ1) is 11.7. The molecule has 0 aliphatic carbocycles. The van der Waals surface area contributed by atoms with Gasteiger partial charge in [-0.05, 0) is 19.1 Å². The molecular formula is C16H18N6O2. The number of carbonyl (C=O) groups excluding carboxylic acids is 1. The topological polar surface area (TPSA) is 80.3 Å². The minimum absolute atomic E-state index is 0.0534. The smallest absolute Gasteiger partial charge is 0.298 e. The van der Waals surface area contributed by atoms with Gasteiger partial charge >= 0.3 is 0 Å². The van der Waals surface area contributed by atoms with Crippen LogP contribution in [-0.2, 0) is 4.79 Å². The Labute approximate surface area is 138 Å². The van der Waals surface area contributed by atoms with E-state index in [1.165, 1.54) is 6.33 Å². The zero-order valence-electron chi connectivity index (χ0n) is 13.4. The third-order valence-corrected chi connectivity index (χ3v) is 4.34. The van der Waals surface area contributed by atoms with Crippen molar-refractivity contribution in [1.82, 2.24) is 24.6 Å². The van der Waals surface area contributed by atoms with Crippen LogP contribution in [-0.4, -0.2) is 56.7 Å². The van der Waals surface area contributed by atoms with Crippen molar-refractivity contribution < 1.29 is 9.21 Å². The summed E-state index contributed by atoms with van der Waals surface area (Å²) in [5.74, 6) is 0.0534. The van der Waals surface area contributed by atoms with Gasteiger partial charge in [-0.2, -0.15) is 10.1 Å². The van der Waals surface area contributed by atoms with Crippen molar-refractivity contribution in [2.45, 2.75) is 13.0 Å². The molecule has 1 saturated heterocycles. The van der Waals surface area contributed by atoms with Crippen LogP contribution in [0.15, 0.2) is 41.3 Å². The van der Waals surface area contributed by atoms with Gasteiger partial charge in [0.25, 0.3) is 6.01 Å². The number of amides is 1. The average Bonchev–Trinajstić information content (AvgIpc) is 3.30. The van der Waals surface area contributed by atoms with Gasteiger partial charge in [0.1, 0.15) is 24.2 Å². The molecule has 0 bridgehead atoms. The normalized spacial score (nSPS) is 16.5. The van der Waals surface area contributed by atoms with E-state index in [1.807, 2.05) is 36.1 Å². The highest BCUT2D eigenvalue weighted by Crippen LogP contribution is 2.23. The molecule has 1 atom stereocenters. The van der Waals surface area contributed by atoms with Gasteiger partial charge < -0.3 is 14.2 Å². The van der Waals surface area contributed by atoms with Gasteiger partial charge in [0.15, 0.2) is 5.58 Å². The standard InChI is InChI=1S/C16H18N6O2/c1-12(22-11-17-10-18-22)15(23)20-6-8-21(9-7-20)16-19-13-4-2-3-5-14(13)24-16/h2-5,10-12H,6-9H2,1H3/t12-/m0/s1. The van der Waals surface area contributed by atoms with Gasteiger partial charge in [-0.15, -0.1) is 0 Å². The van der Waals surface area contributed by atoms with E-state index in [2.05, 4.69) is 20.0 Å². The maximum Gasteiger partial charge on any atom is 0.298 e. The Hall–Kier alpha value is -2.90. The Morgan fingerprint density at radius 1 is 1.21 bits per heavy atom. The van der Waals surface area contributed by atoms with Crippen LogP contribution in [0.1, 0.15) is 13.0 Å². The minimum Gasteiger partial charge on any atom is -0.423 e. The molecular weight excluding hydrogens is 308 g/mol. The number of carbonyl (C=O) groups is 1. The Kier molecular flexibility index (Phi) is 3.64. The monoisotopic (exact) mass is 326 g/mol. The fourth-order valence-corrected chi connectivity index (χ4v) is 2.91. The predicted octanol–water partition coefficient (Wildman–Crippen LogP) is 1.33. The second kappa shape index (κ2) is 5.95. The molecule has 0 unspecified atom stereocenters. The number of oxazole rings is 1. The predicted molar refractivity (Wildman–Crippen MR) is 87.5 cm³/mol. The van der Waals surface area contributed by atoms with Crippen molar-refractivity contribution in [3.8, 4) is 0 Å². The molecule has 0 radical (unpaired) electrons. The van der Waals surface area contributed by atoms with Gasteiger partial charge in [0, 0.05) is 26.2 Å². The van der Waals surface area contributed by atoms with Crippen LogP contribution in [0.3, 0.4) is 0 Å². The van der Waals surface area contributed by atoms with E-state index >= 15 is 0 Å². The molecule has 124 valence electrons. The lowest BCUT2D eigenvalue weighted by atomic mass is 10.2. The molecule has 0 N–H and O–H groups in total. The number of hydrogen-bond donors (Lipinski definition) is 0. The molecule has 0 spiro atoms. The van der Waals surface area contributed by atoms with E-state index in [9.17, 15) is 4.79 Å². The third kappa shape index (κ3) is 2.60. The van der Waals surface area contributed by atoms with Gasteiger partial charge in [0.2, 0.25) is 5.91 Å². The lowest BCUT2D eigenvalue weighted by molar-refractivity contribution is -0.134. The molecule has 1 fully saturated rings. The van der Waals surface area contributed by atoms with Crippen molar-refractivity contribution >= 4 is 23.0 Å². The fourth-order valence-electron chi connectivity index (χ4n) is 2.91. The van der Waals surface area contributed by atoms with E-state index < -0.39 is 0 Å². The maximum atomic E-state index is 12.6. The molecule has 3 aromatic rings. The summed E-state index contributed by atoms with van der Waals surface area (Å²) in [6.45, 7) is 4.50. The zero-order chi connectivity index (χ0) is 16.5. The summed E-state index contributed by atoms with van der Waals surface area (Å²) in [5.41, 5.74) is 1.64. The number of fused-ring (bicyclic) bond motifs is 1. The van der Waals surface area contributed by atoms with Crippen LogP contribution in [0.5, 0.6) is 0 Å². The van der Waals surface area contributed by atoms with Crippen LogP contribution < -0.4 is 4.90 Å². The summed E-state index contributed by atoms with van der Waals surface area (Å²) in [5, 5.41) is 4.04. The number of hydrogen-bond acceptors (Lipinski definition) is 6. The number of piperazine rings is 1. The van der Waals surface area contributed by atoms with Crippen LogP contribution in [0.25, 0.3) is 11.1 Å². The molecule has 1 aliphatic heterocycles. The van der Waals surface area contributed by atoms with Crippen molar-refractivity contribution in [2.24, 2.45) is 0 Å². The molecule has 2 aromatic heterocycles. The van der Waals surface area contributed by atoms with Gasteiger partial charge in [-0.1, -0.05) is 12.1 Å². The van der Waals surface area contributed by atoms with Crippen LogP contribution >= 0.6 is 0 Å². The summed E-state index contributed by atoms with van der Waals surface area (Å²) < 4.78 is 7.38. The molecule has 0 saturated carbocycles. The summed E-state index contributed by atoms with van der Waals surface area (Å²) in [6, 6.07) is 7.99. The zero-order valence-corrected chi connectivity index (χ0v) is 13.4. The highest BCUT2D eigenvalue weighted by molar-refractivity contribution is 5.80. The number of para-hydroxylation sites is 2. The number of benzene rings is 1. The van der Waals surface area contributed by atoms with Gasteiger partial charge in [0.05, 0.1) is 0 Å². The first-order valence-electron chi connectivity index (χ1n) is 7.96. The number of anilines is 1. The second-order valence-corrected chi connectivity index (χ2v) is 5.83. The van der Waals surface area contributed by atoms with Crippen LogP contribution in [0.2, 0.25) is 0 Å². The second-order valence-electron chi connectivity index (χ2n) is 5.83. The molecule has 8 heteroatoms. The Morgan fingerprint density at radius 2 is 2.00 bits per heavy atom. The highest BCUT2D eigenvalue weighted by Gasteiger charge is 2.27. The van der Waals surface area contributed by atoms with Crippen molar-refractivity contribution in [3.63, 3.8) is 0 Å². The van der Waals surface area contributed by atoms with Gasteiger partial charge in [-0.25, -0.2) is 9.67 Å². The fraction of sp³-hybridized carbons (Fsp3) is 0.375. The first kappa shape index (κ1) is 14.7. The number of nitrogens with zero attached hydrogens (tertiary/aromatic N) is 6. The van der Waals surface area contributed by atoms with Gasteiger partial charge in [-0.3, -0.25) is 4.79 Å². The maximum absolute atomic E-state index is 12.6. The summed E-state index contributed by atoms with van der Waals surface area (Å²) >= 11 is 0. The van der Waals surface area contributed by atoms with Crippen molar-refractivity contribution in [1.29, 1.82) is 0 Å². The Bertz CT molecular complexity index is 802. The van der Waals surface area contributed by atoms with E-state index in [4.69, 9.17) is 4.42 Å². The summed E-state index contributed by atoms with van der Waals surface area (Å²) in [6.07, 6.45) is 3.01. The molecule has 1 aromatic carbocycles. The Balaban J connectivity index is 1.42. The molecule has 1 aliphatic rings. The SMILES string of the molecule is C[C@@H](C(=O)N1CCN(c2nc3ccccc3o2)CC1)n1cncn1. The average molecular weight is 326 g/mol. The lowest BCUT2D eigenvalue weighted by Crippen LogP contribution is -2.50. The molecule has 3 heterocycles. The number of aromatic nitrogens is 4. The Morgan fingerprint density at radius 3 is 2.71 bits per heavy atom. The van der Waals surface area contributed by atoms with E-state index in [0.717, 1.165) is 11.1 Å². The lowest BCUT2D eigenvalue weighted by Gasteiger charge is -2.35.